The predicted molar refractivity (Wildman–Crippen MR) is 179 cm³/mol. The first-order chi connectivity index (χ1) is 20.8. The second-order valence-electron chi connectivity index (χ2n) is 11.6. The van der Waals surface area contributed by atoms with E-state index in [9.17, 15) is 0 Å². The number of benzene rings is 6. The van der Waals surface area contributed by atoms with Crippen molar-refractivity contribution in [3.63, 3.8) is 0 Å². The standard InChI is InChI=1S/C42H36/c1-3-11-33(12-4-1)35-21-25-39(26-22-35)41-29-31-9-7-10-32-18-20-38(16-8-15-37(41)19-17-31)42(30-32)40-27-23-36(24-28-40)34-13-5-2-6-14-34/h1-6,11-14,17-30H,7-10,15-16H2. The van der Waals surface area contributed by atoms with E-state index in [2.05, 4.69) is 146 Å². The molecule has 4 aliphatic carbocycles. The summed E-state index contributed by atoms with van der Waals surface area (Å²) in [6, 6.07) is 54.1. The van der Waals surface area contributed by atoms with Crippen molar-refractivity contribution in [1.29, 1.82) is 0 Å². The van der Waals surface area contributed by atoms with E-state index in [0.717, 1.165) is 38.5 Å². The molecule has 0 spiro atoms. The highest BCUT2D eigenvalue weighted by Gasteiger charge is 2.12. The van der Waals surface area contributed by atoms with E-state index in [-0.39, 0.29) is 0 Å². The summed E-state index contributed by atoms with van der Waals surface area (Å²) in [5.41, 5.74) is 16.3. The van der Waals surface area contributed by atoms with Gasteiger partial charge in [0.1, 0.15) is 0 Å². The van der Waals surface area contributed by atoms with E-state index in [4.69, 9.17) is 0 Å². The van der Waals surface area contributed by atoms with Gasteiger partial charge in [-0.1, -0.05) is 146 Å². The van der Waals surface area contributed by atoms with Crippen molar-refractivity contribution in [2.75, 3.05) is 0 Å². The van der Waals surface area contributed by atoms with Crippen LogP contribution in [0.15, 0.2) is 146 Å². The third-order valence-corrected chi connectivity index (χ3v) is 8.78. The Hall–Kier alpha value is -4.68. The molecule has 0 saturated heterocycles. The fourth-order valence-electron chi connectivity index (χ4n) is 6.44. The zero-order valence-corrected chi connectivity index (χ0v) is 24.1. The van der Waals surface area contributed by atoms with Crippen LogP contribution in [-0.4, -0.2) is 0 Å². The number of aryl methyl sites for hydroxylation is 4. The molecule has 10 rings (SSSR count). The zero-order valence-electron chi connectivity index (χ0n) is 24.1. The van der Waals surface area contributed by atoms with Gasteiger partial charge in [0.05, 0.1) is 0 Å². The summed E-state index contributed by atoms with van der Waals surface area (Å²) in [4.78, 5) is 0. The average molecular weight is 541 g/mol. The van der Waals surface area contributed by atoms with E-state index in [1.54, 1.807) is 0 Å². The van der Waals surface area contributed by atoms with Crippen LogP contribution >= 0.6 is 0 Å². The lowest BCUT2D eigenvalue weighted by Crippen LogP contribution is -2.00. The van der Waals surface area contributed by atoms with Gasteiger partial charge in [0.15, 0.2) is 0 Å². The minimum absolute atomic E-state index is 1.07. The van der Waals surface area contributed by atoms with Gasteiger partial charge in [0.2, 0.25) is 0 Å². The quantitative estimate of drug-likeness (QED) is 0.209. The maximum atomic E-state index is 2.46. The molecule has 0 aliphatic heterocycles. The normalized spacial score (nSPS) is 13.1. The second-order valence-corrected chi connectivity index (χ2v) is 11.6. The van der Waals surface area contributed by atoms with Crippen LogP contribution in [0.3, 0.4) is 0 Å². The maximum Gasteiger partial charge on any atom is -0.0149 e. The van der Waals surface area contributed by atoms with Crippen molar-refractivity contribution in [2.45, 2.75) is 38.5 Å². The highest BCUT2D eigenvalue weighted by atomic mass is 14.2. The van der Waals surface area contributed by atoms with Gasteiger partial charge in [-0.3, -0.25) is 0 Å². The molecule has 0 saturated carbocycles. The van der Waals surface area contributed by atoms with Gasteiger partial charge in [-0.05, 0) is 105 Å². The molecule has 204 valence electrons. The summed E-state index contributed by atoms with van der Waals surface area (Å²) in [6.07, 6.45) is 6.62. The van der Waals surface area contributed by atoms with Crippen molar-refractivity contribution in [1.82, 2.24) is 0 Å². The van der Waals surface area contributed by atoms with Crippen LogP contribution in [0.25, 0.3) is 44.5 Å². The molecule has 0 heterocycles. The summed E-state index contributed by atoms with van der Waals surface area (Å²) < 4.78 is 0. The van der Waals surface area contributed by atoms with Crippen molar-refractivity contribution < 1.29 is 0 Å². The van der Waals surface area contributed by atoms with Crippen molar-refractivity contribution in [3.8, 4) is 44.5 Å². The monoisotopic (exact) mass is 540 g/mol. The number of rotatable bonds is 4. The summed E-state index contributed by atoms with van der Waals surface area (Å²) in [6.45, 7) is 0. The first kappa shape index (κ1) is 26.2. The molecule has 0 atom stereocenters. The molecule has 0 aromatic heterocycles. The Kier molecular flexibility index (Phi) is 7.53. The number of hydrogen-bond donors (Lipinski definition) is 0. The van der Waals surface area contributed by atoms with Crippen molar-refractivity contribution in [2.24, 2.45) is 0 Å². The molecule has 0 heteroatoms. The lowest BCUT2D eigenvalue weighted by atomic mass is 9.88. The Morgan fingerprint density at radius 2 is 0.643 bits per heavy atom. The molecule has 0 nitrogen and oxygen atoms in total. The third kappa shape index (κ3) is 5.71. The molecule has 0 unspecified atom stereocenters. The molecule has 42 heavy (non-hydrogen) atoms. The molecule has 6 aromatic rings. The van der Waals surface area contributed by atoms with Crippen LogP contribution in [0, 0.1) is 0 Å². The third-order valence-electron chi connectivity index (χ3n) is 8.78. The van der Waals surface area contributed by atoms with Gasteiger partial charge in [0, 0.05) is 0 Å². The summed E-state index contributed by atoms with van der Waals surface area (Å²) in [5.74, 6) is 0. The largest absolute Gasteiger partial charge is 0.0622 e. The van der Waals surface area contributed by atoms with Gasteiger partial charge in [0.25, 0.3) is 0 Å². The minimum Gasteiger partial charge on any atom is -0.0622 e. The smallest absolute Gasteiger partial charge is 0.0149 e. The molecule has 4 aliphatic rings. The fraction of sp³-hybridized carbons (Fsp3) is 0.143. The van der Waals surface area contributed by atoms with Gasteiger partial charge in [-0.2, -0.15) is 0 Å². The molecule has 6 aromatic carbocycles. The molecule has 4 bridgehead atoms. The molecular formula is C42H36. The van der Waals surface area contributed by atoms with Gasteiger partial charge in [-0.15, -0.1) is 0 Å². The van der Waals surface area contributed by atoms with Crippen molar-refractivity contribution in [3.05, 3.63) is 168 Å². The zero-order chi connectivity index (χ0) is 28.1. The molecule has 0 amide bonds. The summed E-state index contributed by atoms with van der Waals surface area (Å²) >= 11 is 0. The highest BCUT2D eigenvalue weighted by molar-refractivity contribution is 5.74. The van der Waals surface area contributed by atoms with Crippen LogP contribution in [0.5, 0.6) is 0 Å². The Balaban J connectivity index is 1.17. The lowest BCUT2D eigenvalue weighted by molar-refractivity contribution is 0.802. The average Bonchev–Trinajstić information content (AvgIpc) is 3.07. The maximum absolute atomic E-state index is 2.46. The van der Waals surface area contributed by atoms with Crippen LogP contribution in [0.4, 0.5) is 0 Å². The van der Waals surface area contributed by atoms with E-state index in [0.29, 0.717) is 0 Å². The van der Waals surface area contributed by atoms with Gasteiger partial charge >= 0.3 is 0 Å². The SMILES string of the molecule is c1ccc(-c2ccc(-c3cc4ccc3CCCc3ccc(cc3-c3ccc(-c5ccccc5)cc3)CCC4)cc2)cc1. The van der Waals surface area contributed by atoms with E-state index in [1.807, 2.05) is 0 Å². The summed E-state index contributed by atoms with van der Waals surface area (Å²) in [5, 5.41) is 0. The summed E-state index contributed by atoms with van der Waals surface area (Å²) in [7, 11) is 0. The Morgan fingerprint density at radius 3 is 1.07 bits per heavy atom. The molecular weight excluding hydrogens is 504 g/mol. The Bertz CT molecular complexity index is 1640. The van der Waals surface area contributed by atoms with Crippen LogP contribution in [0.2, 0.25) is 0 Å². The van der Waals surface area contributed by atoms with Crippen LogP contribution in [-0.2, 0) is 25.7 Å². The minimum atomic E-state index is 1.07. The highest BCUT2D eigenvalue weighted by Crippen LogP contribution is 2.33. The van der Waals surface area contributed by atoms with E-state index in [1.165, 1.54) is 66.8 Å². The van der Waals surface area contributed by atoms with Crippen molar-refractivity contribution >= 4 is 0 Å². The fourth-order valence-corrected chi connectivity index (χ4v) is 6.44. The Morgan fingerprint density at radius 1 is 0.286 bits per heavy atom. The first-order valence-electron chi connectivity index (χ1n) is 15.4. The first-order valence-corrected chi connectivity index (χ1v) is 15.4. The molecule has 0 fully saturated rings. The lowest BCUT2D eigenvalue weighted by Gasteiger charge is -2.17. The van der Waals surface area contributed by atoms with E-state index < -0.39 is 0 Å². The second kappa shape index (κ2) is 12.0. The Labute approximate surface area is 250 Å². The topological polar surface area (TPSA) is 0 Å². The van der Waals surface area contributed by atoms with E-state index >= 15 is 0 Å². The van der Waals surface area contributed by atoms with Crippen LogP contribution in [0.1, 0.15) is 35.1 Å². The molecule has 0 radical (unpaired) electrons. The number of hydrogen-bond acceptors (Lipinski definition) is 0. The van der Waals surface area contributed by atoms with Crippen LogP contribution < -0.4 is 0 Å². The van der Waals surface area contributed by atoms with Gasteiger partial charge < -0.3 is 0 Å². The molecule has 0 N–H and O–H groups in total. The predicted octanol–water partition coefficient (Wildman–Crippen LogP) is 11.0. The van der Waals surface area contributed by atoms with Gasteiger partial charge in [-0.25, -0.2) is 0 Å².